The molecule has 35 heavy (non-hydrogen) atoms. The first-order valence-corrected chi connectivity index (χ1v) is 11.1. The summed E-state index contributed by atoms with van der Waals surface area (Å²) < 4.78 is 1.97. The van der Waals surface area contributed by atoms with Crippen molar-refractivity contribution < 1.29 is 9.90 Å². The minimum atomic E-state index is -0.551. The van der Waals surface area contributed by atoms with Gasteiger partial charge in [-0.25, -0.2) is 4.98 Å². The van der Waals surface area contributed by atoms with Gasteiger partial charge in [-0.05, 0) is 29.8 Å². The molecule has 1 amide bonds. The zero-order chi connectivity index (χ0) is 22.9. The number of aliphatic hydroxyl groups is 1. The van der Waals surface area contributed by atoms with Crippen LogP contribution in [0, 0.1) is 0 Å². The summed E-state index contributed by atoms with van der Waals surface area (Å²) in [5.74, 6) is 0.577. The second-order valence-electron chi connectivity index (χ2n) is 7.83. The molecular formula is C27H30Cl2N4O2. The van der Waals surface area contributed by atoms with Crippen molar-refractivity contribution in [3.63, 3.8) is 0 Å². The van der Waals surface area contributed by atoms with Crippen LogP contribution in [-0.4, -0.2) is 33.7 Å². The van der Waals surface area contributed by atoms with E-state index in [2.05, 4.69) is 10.6 Å². The number of hydrogen-bond donors (Lipinski definition) is 3. The summed E-state index contributed by atoms with van der Waals surface area (Å²) in [6, 6.07) is 28.9. The second-order valence-corrected chi connectivity index (χ2v) is 7.83. The van der Waals surface area contributed by atoms with Crippen molar-refractivity contribution >= 4 is 36.4 Å². The van der Waals surface area contributed by atoms with Crippen LogP contribution in [0.25, 0.3) is 5.69 Å². The molecule has 3 N–H and O–H groups in total. The number of halogens is 2. The van der Waals surface area contributed by atoms with Gasteiger partial charge in [0.05, 0.1) is 18.2 Å². The number of carbonyl (C=O) groups is 1. The van der Waals surface area contributed by atoms with E-state index in [1.54, 1.807) is 0 Å². The summed E-state index contributed by atoms with van der Waals surface area (Å²) in [5, 5.41) is 16.5. The van der Waals surface area contributed by atoms with Gasteiger partial charge in [0.2, 0.25) is 5.91 Å². The van der Waals surface area contributed by atoms with Crippen LogP contribution in [0.2, 0.25) is 0 Å². The third-order valence-corrected chi connectivity index (χ3v) is 5.32. The summed E-state index contributed by atoms with van der Waals surface area (Å²) in [5.41, 5.74) is 3.51. The molecule has 0 fully saturated rings. The van der Waals surface area contributed by atoms with Gasteiger partial charge in [0.1, 0.15) is 5.82 Å². The van der Waals surface area contributed by atoms with Crippen LogP contribution in [0.3, 0.4) is 0 Å². The summed E-state index contributed by atoms with van der Waals surface area (Å²) in [4.78, 5) is 17.4. The maximum absolute atomic E-state index is 12.6. The van der Waals surface area contributed by atoms with Crippen LogP contribution >= 0.6 is 24.8 Å². The molecule has 1 atom stereocenters. The molecule has 0 aliphatic rings. The normalized spacial score (nSPS) is 11.1. The number of hydrogen-bond acceptors (Lipinski definition) is 4. The highest BCUT2D eigenvalue weighted by Gasteiger charge is 2.14. The summed E-state index contributed by atoms with van der Waals surface area (Å²) >= 11 is 0. The lowest BCUT2D eigenvalue weighted by atomic mass is 10.1. The molecule has 0 bridgehead atoms. The van der Waals surface area contributed by atoms with Gasteiger partial charge >= 0.3 is 0 Å². The second kappa shape index (κ2) is 14.3. The first-order valence-electron chi connectivity index (χ1n) is 11.1. The van der Waals surface area contributed by atoms with Gasteiger partial charge in [-0.15, -0.1) is 24.8 Å². The van der Waals surface area contributed by atoms with Crippen molar-refractivity contribution in [1.29, 1.82) is 0 Å². The Morgan fingerprint density at radius 3 is 2.14 bits per heavy atom. The number of aliphatic hydroxyl groups excluding tert-OH is 1. The molecule has 1 aromatic heterocycles. The lowest BCUT2D eigenvalue weighted by Gasteiger charge is -2.11. The smallest absolute Gasteiger partial charge is 0.231 e. The molecule has 3 aromatic carbocycles. The molecule has 1 heterocycles. The Morgan fingerprint density at radius 1 is 0.886 bits per heavy atom. The first kappa shape index (κ1) is 28.1. The van der Waals surface area contributed by atoms with Gasteiger partial charge in [0.15, 0.2) is 0 Å². The lowest BCUT2D eigenvalue weighted by Crippen LogP contribution is -2.23. The number of anilines is 1. The van der Waals surface area contributed by atoms with Crippen molar-refractivity contribution in [2.45, 2.75) is 18.9 Å². The standard InChI is InChI=1S/C27H28N4O2.2ClH/c32-25(21-10-4-1-5-11-21)19-28-17-16-23-20-31(24-14-8-3-9-15-24)26(29-23)18-27(33)30-22-12-6-2-7-13-22;;/h1-15,20,25,28,32H,16-19H2,(H,30,33);2*1H/t25-;;/m0../s1. The summed E-state index contributed by atoms with van der Waals surface area (Å²) in [6.45, 7) is 1.14. The van der Waals surface area contributed by atoms with E-state index >= 15 is 0 Å². The fourth-order valence-corrected chi connectivity index (χ4v) is 3.65. The quantitative estimate of drug-likeness (QED) is 0.267. The predicted octanol–water partition coefficient (Wildman–Crippen LogP) is 4.76. The van der Waals surface area contributed by atoms with Crippen molar-refractivity contribution in [3.8, 4) is 5.69 Å². The maximum atomic E-state index is 12.6. The predicted molar refractivity (Wildman–Crippen MR) is 145 cm³/mol. The van der Waals surface area contributed by atoms with Crippen LogP contribution < -0.4 is 10.6 Å². The number of imidazole rings is 1. The number of amides is 1. The number of para-hydroxylation sites is 2. The Bertz CT molecular complexity index is 1160. The number of benzene rings is 3. The molecule has 0 spiro atoms. The molecule has 8 heteroatoms. The molecule has 4 rings (SSSR count). The largest absolute Gasteiger partial charge is 0.387 e. The van der Waals surface area contributed by atoms with E-state index in [-0.39, 0.29) is 37.1 Å². The van der Waals surface area contributed by atoms with Crippen molar-refractivity contribution in [2.24, 2.45) is 0 Å². The molecule has 0 aliphatic carbocycles. The minimum Gasteiger partial charge on any atom is -0.387 e. The van der Waals surface area contributed by atoms with E-state index in [1.165, 1.54) is 0 Å². The molecule has 0 unspecified atom stereocenters. The van der Waals surface area contributed by atoms with E-state index in [1.807, 2.05) is 102 Å². The Morgan fingerprint density at radius 2 is 1.49 bits per heavy atom. The fraction of sp³-hybridized carbons (Fsp3) is 0.185. The Kier molecular flexibility index (Phi) is 11.5. The number of carbonyl (C=O) groups excluding carboxylic acids is 1. The van der Waals surface area contributed by atoms with E-state index in [0.29, 0.717) is 25.3 Å². The van der Waals surface area contributed by atoms with Gasteiger partial charge in [-0.1, -0.05) is 66.7 Å². The monoisotopic (exact) mass is 512 g/mol. The van der Waals surface area contributed by atoms with Crippen molar-refractivity contribution in [2.75, 3.05) is 18.4 Å². The highest BCUT2D eigenvalue weighted by atomic mass is 35.5. The Balaban J connectivity index is 0.00000216. The van der Waals surface area contributed by atoms with Crippen molar-refractivity contribution in [1.82, 2.24) is 14.9 Å². The molecule has 0 saturated heterocycles. The third kappa shape index (κ3) is 8.23. The van der Waals surface area contributed by atoms with Gasteiger partial charge in [-0.2, -0.15) is 0 Å². The molecule has 0 aliphatic heterocycles. The Hall–Kier alpha value is -3.16. The topological polar surface area (TPSA) is 79.2 Å². The van der Waals surface area contributed by atoms with Crippen LogP contribution in [0.1, 0.15) is 23.2 Å². The zero-order valence-corrected chi connectivity index (χ0v) is 20.8. The van der Waals surface area contributed by atoms with Crippen LogP contribution in [-0.2, 0) is 17.6 Å². The molecule has 6 nitrogen and oxygen atoms in total. The van der Waals surface area contributed by atoms with Gasteiger partial charge in [-0.3, -0.25) is 4.79 Å². The maximum Gasteiger partial charge on any atom is 0.231 e. The molecule has 4 aromatic rings. The molecule has 184 valence electrons. The highest BCUT2D eigenvalue weighted by Crippen LogP contribution is 2.15. The number of nitrogens with zero attached hydrogens (tertiary/aromatic N) is 2. The molecule has 0 radical (unpaired) electrons. The average molecular weight is 513 g/mol. The summed E-state index contributed by atoms with van der Waals surface area (Å²) in [6.07, 6.45) is 2.29. The number of aromatic nitrogens is 2. The zero-order valence-electron chi connectivity index (χ0n) is 19.2. The average Bonchev–Trinajstić information content (AvgIpc) is 3.25. The van der Waals surface area contributed by atoms with Gasteiger partial charge < -0.3 is 20.3 Å². The SMILES string of the molecule is Cl.Cl.O=C(Cc1nc(CCNC[C@H](O)c2ccccc2)cn1-c1ccccc1)Nc1ccccc1. The van der Waals surface area contributed by atoms with Crippen LogP contribution in [0.15, 0.2) is 97.2 Å². The summed E-state index contributed by atoms with van der Waals surface area (Å²) in [7, 11) is 0. The third-order valence-electron chi connectivity index (χ3n) is 5.32. The molecule has 0 saturated carbocycles. The Labute approximate surface area is 218 Å². The number of nitrogens with one attached hydrogen (secondary N) is 2. The van der Waals surface area contributed by atoms with Crippen LogP contribution in [0.4, 0.5) is 5.69 Å². The van der Waals surface area contributed by atoms with Gasteiger partial charge in [0, 0.05) is 37.1 Å². The minimum absolute atomic E-state index is 0. The van der Waals surface area contributed by atoms with E-state index in [9.17, 15) is 9.90 Å². The lowest BCUT2D eigenvalue weighted by molar-refractivity contribution is -0.115. The van der Waals surface area contributed by atoms with Gasteiger partial charge in [0.25, 0.3) is 0 Å². The van der Waals surface area contributed by atoms with E-state index in [4.69, 9.17) is 4.98 Å². The molecular weight excluding hydrogens is 483 g/mol. The van der Waals surface area contributed by atoms with E-state index in [0.717, 1.165) is 22.6 Å². The fourth-order valence-electron chi connectivity index (χ4n) is 3.65. The van der Waals surface area contributed by atoms with E-state index < -0.39 is 6.10 Å². The van der Waals surface area contributed by atoms with Crippen LogP contribution in [0.5, 0.6) is 0 Å². The van der Waals surface area contributed by atoms with Crippen molar-refractivity contribution in [3.05, 3.63) is 114 Å². The number of rotatable bonds is 10. The highest BCUT2D eigenvalue weighted by molar-refractivity contribution is 5.91. The first-order chi connectivity index (χ1) is 16.2.